The Morgan fingerprint density at radius 1 is 1.38 bits per heavy atom. The highest BCUT2D eigenvalue weighted by Crippen LogP contribution is 2.31. The van der Waals surface area contributed by atoms with Crippen LogP contribution >= 0.6 is 0 Å². The lowest BCUT2D eigenvalue weighted by molar-refractivity contribution is 0.587. The van der Waals surface area contributed by atoms with Crippen molar-refractivity contribution in [1.29, 1.82) is 0 Å². The number of rotatable bonds is 3. The molecule has 1 aromatic heterocycles. The van der Waals surface area contributed by atoms with Crippen LogP contribution in [0.4, 0.5) is 5.69 Å². The lowest BCUT2D eigenvalue weighted by Crippen LogP contribution is -2.16. The maximum atomic E-state index is 4.19. The highest BCUT2D eigenvalue weighted by Gasteiger charge is 2.20. The van der Waals surface area contributed by atoms with E-state index < -0.39 is 0 Å². The van der Waals surface area contributed by atoms with Gasteiger partial charge in [0.05, 0.1) is 18.2 Å². The van der Waals surface area contributed by atoms with Gasteiger partial charge in [-0.3, -0.25) is 4.98 Å². The van der Waals surface area contributed by atoms with Gasteiger partial charge in [-0.2, -0.15) is 0 Å². The molecule has 3 nitrogen and oxygen atoms in total. The molecule has 0 saturated carbocycles. The van der Waals surface area contributed by atoms with E-state index in [9.17, 15) is 0 Å². The maximum Gasteiger partial charge on any atom is 0.0923 e. The Morgan fingerprint density at radius 2 is 2.06 bits per heavy atom. The number of nitrogens with one attached hydrogen (secondary N) is 1. The monoisotopic (exact) mass is 217 g/mol. The molecule has 0 atom stereocenters. The predicted octanol–water partition coefficient (Wildman–Crippen LogP) is 3.27. The van der Waals surface area contributed by atoms with Crippen LogP contribution in [-0.4, -0.2) is 11.3 Å². The SMILES string of the molecule is C=CN=CNc1cncc(C)c1C(C)(C)C. The Labute approximate surface area is 97.3 Å². The minimum Gasteiger partial charge on any atom is -0.345 e. The summed E-state index contributed by atoms with van der Waals surface area (Å²) in [5.41, 5.74) is 3.53. The molecule has 0 radical (unpaired) electrons. The zero-order valence-electron chi connectivity index (χ0n) is 10.4. The molecule has 1 rings (SSSR count). The van der Waals surface area contributed by atoms with Crippen LogP contribution in [0.15, 0.2) is 30.2 Å². The van der Waals surface area contributed by atoms with Crippen molar-refractivity contribution in [3.63, 3.8) is 0 Å². The van der Waals surface area contributed by atoms with E-state index in [-0.39, 0.29) is 5.41 Å². The van der Waals surface area contributed by atoms with E-state index in [4.69, 9.17) is 0 Å². The molecule has 86 valence electrons. The first-order valence-electron chi connectivity index (χ1n) is 5.31. The first-order valence-corrected chi connectivity index (χ1v) is 5.31. The van der Waals surface area contributed by atoms with Crippen LogP contribution in [-0.2, 0) is 5.41 Å². The van der Waals surface area contributed by atoms with Gasteiger partial charge < -0.3 is 5.32 Å². The normalized spacial score (nSPS) is 11.8. The Morgan fingerprint density at radius 3 is 2.62 bits per heavy atom. The van der Waals surface area contributed by atoms with Crippen molar-refractivity contribution in [3.05, 3.63) is 36.3 Å². The fraction of sp³-hybridized carbons (Fsp3) is 0.385. The summed E-state index contributed by atoms with van der Waals surface area (Å²) in [6.45, 7) is 12.2. The predicted molar refractivity (Wildman–Crippen MR) is 70.0 cm³/mol. The average molecular weight is 217 g/mol. The summed E-state index contributed by atoms with van der Waals surface area (Å²) < 4.78 is 0. The molecule has 0 saturated heterocycles. The highest BCUT2D eigenvalue weighted by molar-refractivity contribution is 5.78. The molecule has 0 aliphatic heterocycles. The third-order valence-corrected chi connectivity index (χ3v) is 2.29. The zero-order valence-corrected chi connectivity index (χ0v) is 10.4. The summed E-state index contributed by atoms with van der Waals surface area (Å²) in [4.78, 5) is 8.11. The second-order valence-electron chi connectivity index (χ2n) is 4.73. The van der Waals surface area contributed by atoms with Gasteiger partial charge in [-0.05, 0) is 23.5 Å². The first kappa shape index (κ1) is 12.4. The van der Waals surface area contributed by atoms with Gasteiger partial charge in [0.25, 0.3) is 0 Å². The summed E-state index contributed by atoms with van der Waals surface area (Å²) in [6, 6.07) is 0. The number of aromatic nitrogens is 1. The van der Waals surface area contributed by atoms with Crippen LogP contribution in [0.25, 0.3) is 0 Å². The van der Waals surface area contributed by atoms with E-state index >= 15 is 0 Å². The molecule has 0 aromatic carbocycles. The minimum absolute atomic E-state index is 0.0807. The quantitative estimate of drug-likeness (QED) is 0.623. The van der Waals surface area contributed by atoms with Crippen molar-refractivity contribution in [3.8, 4) is 0 Å². The van der Waals surface area contributed by atoms with E-state index in [1.807, 2.05) is 12.4 Å². The third kappa shape index (κ3) is 2.92. The van der Waals surface area contributed by atoms with E-state index in [0.29, 0.717) is 0 Å². The molecule has 0 fully saturated rings. The summed E-state index contributed by atoms with van der Waals surface area (Å²) in [5.74, 6) is 0. The van der Waals surface area contributed by atoms with Crippen molar-refractivity contribution in [2.75, 3.05) is 5.32 Å². The first-order chi connectivity index (χ1) is 7.46. The van der Waals surface area contributed by atoms with Crippen molar-refractivity contribution in [1.82, 2.24) is 4.98 Å². The highest BCUT2D eigenvalue weighted by atomic mass is 14.9. The smallest absolute Gasteiger partial charge is 0.0923 e. The maximum absolute atomic E-state index is 4.19. The summed E-state index contributed by atoms with van der Waals surface area (Å²) in [6.07, 6.45) is 6.82. The number of hydrogen-bond acceptors (Lipinski definition) is 2. The van der Waals surface area contributed by atoms with Crippen LogP contribution < -0.4 is 5.32 Å². The van der Waals surface area contributed by atoms with Crippen LogP contribution in [0.2, 0.25) is 0 Å². The van der Waals surface area contributed by atoms with Crippen LogP contribution in [0.3, 0.4) is 0 Å². The van der Waals surface area contributed by atoms with Gasteiger partial charge in [-0.1, -0.05) is 27.4 Å². The van der Waals surface area contributed by atoms with Crippen LogP contribution in [0, 0.1) is 6.92 Å². The van der Waals surface area contributed by atoms with Crippen molar-refractivity contribution >= 4 is 12.0 Å². The Bertz CT molecular complexity index is 400. The van der Waals surface area contributed by atoms with Gasteiger partial charge in [0.15, 0.2) is 0 Å². The Balaban J connectivity index is 3.13. The summed E-state index contributed by atoms with van der Waals surface area (Å²) in [5, 5.41) is 3.14. The van der Waals surface area contributed by atoms with Gasteiger partial charge in [0.1, 0.15) is 0 Å². The molecule has 1 heterocycles. The molecule has 0 aliphatic rings. The number of aliphatic imine (C=N–C) groups is 1. The minimum atomic E-state index is 0.0807. The molecular formula is C13H19N3. The topological polar surface area (TPSA) is 37.3 Å². The molecule has 1 aromatic rings. The molecule has 3 heteroatoms. The second-order valence-corrected chi connectivity index (χ2v) is 4.73. The molecule has 0 unspecified atom stereocenters. The van der Waals surface area contributed by atoms with E-state index in [1.54, 1.807) is 6.34 Å². The molecule has 1 N–H and O–H groups in total. The fourth-order valence-electron chi connectivity index (χ4n) is 1.83. The van der Waals surface area contributed by atoms with E-state index in [1.165, 1.54) is 17.3 Å². The molecule has 0 spiro atoms. The van der Waals surface area contributed by atoms with Crippen molar-refractivity contribution < 1.29 is 0 Å². The number of pyridine rings is 1. The largest absolute Gasteiger partial charge is 0.345 e. The van der Waals surface area contributed by atoms with Crippen molar-refractivity contribution in [2.24, 2.45) is 4.99 Å². The fourth-order valence-corrected chi connectivity index (χ4v) is 1.83. The second kappa shape index (κ2) is 4.92. The standard InChI is InChI=1S/C13H19N3/c1-6-14-9-16-11-8-15-7-10(2)12(11)13(3,4)5/h6-9H,1H2,2-5H3,(H,14,16). The molecule has 0 amide bonds. The molecule has 0 aliphatic carbocycles. The number of hydrogen-bond donors (Lipinski definition) is 1. The van der Waals surface area contributed by atoms with E-state index in [0.717, 1.165) is 5.69 Å². The Kier molecular flexibility index (Phi) is 3.82. The van der Waals surface area contributed by atoms with Gasteiger partial charge >= 0.3 is 0 Å². The number of nitrogens with zero attached hydrogens (tertiary/aromatic N) is 2. The summed E-state index contributed by atoms with van der Waals surface area (Å²) in [7, 11) is 0. The Hall–Kier alpha value is -1.64. The van der Waals surface area contributed by atoms with Crippen molar-refractivity contribution in [2.45, 2.75) is 33.1 Å². The third-order valence-electron chi connectivity index (χ3n) is 2.29. The molecule has 0 bridgehead atoms. The lowest BCUT2D eigenvalue weighted by Gasteiger charge is -2.24. The van der Waals surface area contributed by atoms with Gasteiger partial charge in [0.2, 0.25) is 0 Å². The van der Waals surface area contributed by atoms with Gasteiger partial charge in [-0.15, -0.1) is 0 Å². The van der Waals surface area contributed by atoms with Crippen LogP contribution in [0.5, 0.6) is 0 Å². The average Bonchev–Trinajstić information content (AvgIpc) is 2.16. The number of aryl methyl sites for hydroxylation is 1. The van der Waals surface area contributed by atoms with E-state index in [2.05, 4.69) is 49.6 Å². The zero-order chi connectivity index (χ0) is 12.2. The molecular weight excluding hydrogens is 198 g/mol. The van der Waals surface area contributed by atoms with Crippen LogP contribution in [0.1, 0.15) is 31.9 Å². The summed E-state index contributed by atoms with van der Waals surface area (Å²) >= 11 is 0. The van der Waals surface area contributed by atoms with Gasteiger partial charge in [-0.25, -0.2) is 4.99 Å². The molecule has 16 heavy (non-hydrogen) atoms. The van der Waals surface area contributed by atoms with Gasteiger partial charge in [0, 0.05) is 12.4 Å². The lowest BCUT2D eigenvalue weighted by atomic mass is 9.84. The number of anilines is 1.